The van der Waals surface area contributed by atoms with Crippen molar-refractivity contribution in [3.63, 3.8) is 0 Å². The molecule has 4 heteroatoms. The maximum Gasteiger partial charge on any atom is 0.257 e. The van der Waals surface area contributed by atoms with E-state index in [1.165, 1.54) is 18.5 Å². The van der Waals surface area contributed by atoms with Crippen molar-refractivity contribution >= 4 is 28.5 Å². The SMILES string of the molecule is CC1CCN(c2ccc(NC=C3C(=O)Nc4ccccc43)cc2)CC1. The van der Waals surface area contributed by atoms with Crippen LogP contribution in [0.1, 0.15) is 25.3 Å². The number of hydrogen-bond donors (Lipinski definition) is 2. The lowest BCUT2D eigenvalue weighted by Gasteiger charge is -2.32. The summed E-state index contributed by atoms with van der Waals surface area (Å²) in [7, 11) is 0. The number of anilines is 3. The molecule has 2 heterocycles. The molecule has 2 aromatic carbocycles. The fourth-order valence-electron chi connectivity index (χ4n) is 3.47. The molecule has 2 aliphatic heterocycles. The van der Waals surface area contributed by atoms with Crippen molar-refractivity contribution < 1.29 is 4.79 Å². The molecule has 0 bridgehead atoms. The zero-order chi connectivity index (χ0) is 17.2. The third kappa shape index (κ3) is 3.25. The van der Waals surface area contributed by atoms with Crippen molar-refractivity contribution in [2.24, 2.45) is 5.92 Å². The third-order valence-electron chi connectivity index (χ3n) is 5.11. The second-order valence-corrected chi connectivity index (χ2v) is 6.92. The molecule has 2 aromatic rings. The molecule has 0 aliphatic carbocycles. The lowest BCUT2D eigenvalue weighted by Crippen LogP contribution is -2.32. The molecule has 0 saturated carbocycles. The maximum atomic E-state index is 12.1. The van der Waals surface area contributed by atoms with Gasteiger partial charge in [-0.2, -0.15) is 0 Å². The number of piperidine rings is 1. The van der Waals surface area contributed by atoms with Crippen LogP contribution >= 0.6 is 0 Å². The van der Waals surface area contributed by atoms with Crippen molar-refractivity contribution in [3.8, 4) is 0 Å². The fraction of sp³-hybridized carbons (Fsp3) is 0.286. The van der Waals surface area contributed by atoms with Crippen LogP contribution in [0.4, 0.5) is 17.1 Å². The Labute approximate surface area is 148 Å². The molecular weight excluding hydrogens is 310 g/mol. The lowest BCUT2D eigenvalue weighted by molar-refractivity contribution is -0.110. The molecule has 4 nitrogen and oxygen atoms in total. The van der Waals surface area contributed by atoms with Crippen molar-refractivity contribution in [3.05, 3.63) is 60.3 Å². The molecule has 0 atom stereocenters. The molecular formula is C21H23N3O. The molecule has 0 radical (unpaired) electrons. The fourth-order valence-corrected chi connectivity index (χ4v) is 3.47. The van der Waals surface area contributed by atoms with Crippen LogP contribution in [0, 0.1) is 5.92 Å². The Balaban J connectivity index is 1.46. The minimum absolute atomic E-state index is 0.0623. The van der Waals surface area contributed by atoms with E-state index in [1.54, 1.807) is 6.20 Å². The molecule has 128 valence electrons. The van der Waals surface area contributed by atoms with Crippen molar-refractivity contribution in [2.75, 3.05) is 28.6 Å². The standard InChI is InChI=1S/C21H23N3O/c1-15-10-12-24(13-11-15)17-8-6-16(7-9-17)22-14-19-18-4-2-3-5-20(18)23-21(19)25/h2-9,14-15,22H,10-13H2,1H3,(H,23,25). The van der Waals surface area contributed by atoms with Crippen LogP contribution in [-0.2, 0) is 4.79 Å². The molecule has 1 fully saturated rings. The van der Waals surface area contributed by atoms with Crippen LogP contribution in [-0.4, -0.2) is 19.0 Å². The number of nitrogens with one attached hydrogen (secondary N) is 2. The maximum absolute atomic E-state index is 12.1. The Kier molecular flexibility index (Phi) is 4.18. The van der Waals surface area contributed by atoms with E-state index in [0.717, 1.165) is 35.9 Å². The van der Waals surface area contributed by atoms with Crippen LogP contribution in [0.2, 0.25) is 0 Å². The van der Waals surface area contributed by atoms with Crippen molar-refractivity contribution in [1.29, 1.82) is 0 Å². The molecule has 1 amide bonds. The summed E-state index contributed by atoms with van der Waals surface area (Å²) in [6, 6.07) is 16.2. The number of carbonyl (C=O) groups excluding carboxylic acids is 1. The van der Waals surface area contributed by atoms with Gasteiger partial charge in [-0.1, -0.05) is 25.1 Å². The molecule has 0 aromatic heterocycles. The van der Waals surface area contributed by atoms with Crippen LogP contribution in [0.5, 0.6) is 0 Å². The number of rotatable bonds is 3. The Morgan fingerprint density at radius 2 is 1.80 bits per heavy atom. The predicted molar refractivity (Wildman–Crippen MR) is 104 cm³/mol. The first-order chi connectivity index (χ1) is 12.2. The number of carbonyl (C=O) groups is 1. The van der Waals surface area contributed by atoms with Crippen LogP contribution in [0.15, 0.2) is 54.7 Å². The quantitative estimate of drug-likeness (QED) is 0.822. The Hall–Kier alpha value is -2.75. The first-order valence-electron chi connectivity index (χ1n) is 8.93. The molecule has 2 N–H and O–H groups in total. The molecule has 0 unspecified atom stereocenters. The Morgan fingerprint density at radius 1 is 1.08 bits per heavy atom. The molecule has 4 rings (SSSR count). The second kappa shape index (κ2) is 6.63. The summed E-state index contributed by atoms with van der Waals surface area (Å²) in [5, 5.41) is 6.14. The van der Waals surface area contributed by atoms with Gasteiger partial charge in [-0.15, -0.1) is 0 Å². The number of benzene rings is 2. The van der Waals surface area contributed by atoms with E-state index in [9.17, 15) is 4.79 Å². The number of nitrogens with zero attached hydrogens (tertiary/aromatic N) is 1. The second-order valence-electron chi connectivity index (χ2n) is 6.92. The van der Waals surface area contributed by atoms with Crippen molar-refractivity contribution in [1.82, 2.24) is 0 Å². The molecule has 1 saturated heterocycles. The first-order valence-corrected chi connectivity index (χ1v) is 8.93. The van der Waals surface area contributed by atoms with Crippen LogP contribution < -0.4 is 15.5 Å². The van der Waals surface area contributed by atoms with E-state index in [2.05, 4.69) is 46.7 Å². The van der Waals surface area contributed by atoms with E-state index in [4.69, 9.17) is 0 Å². The predicted octanol–water partition coefficient (Wildman–Crippen LogP) is 4.33. The summed E-state index contributed by atoms with van der Waals surface area (Å²) < 4.78 is 0. The van der Waals surface area contributed by atoms with Gasteiger partial charge in [-0.3, -0.25) is 4.79 Å². The van der Waals surface area contributed by atoms with Gasteiger partial charge in [0.1, 0.15) is 0 Å². The highest BCUT2D eigenvalue weighted by Crippen LogP contribution is 2.31. The average molecular weight is 333 g/mol. The van der Waals surface area contributed by atoms with Gasteiger partial charge < -0.3 is 15.5 Å². The third-order valence-corrected chi connectivity index (χ3v) is 5.11. The molecule has 0 spiro atoms. The highest BCUT2D eigenvalue weighted by atomic mass is 16.2. The average Bonchev–Trinajstić information content (AvgIpc) is 2.96. The minimum atomic E-state index is -0.0623. The van der Waals surface area contributed by atoms with Gasteiger partial charge in [0.15, 0.2) is 0 Å². The Morgan fingerprint density at radius 3 is 2.56 bits per heavy atom. The van der Waals surface area contributed by atoms with E-state index in [-0.39, 0.29) is 5.91 Å². The summed E-state index contributed by atoms with van der Waals surface area (Å²) in [5.74, 6) is 0.775. The normalized spacial score (nSPS) is 19.0. The number of hydrogen-bond acceptors (Lipinski definition) is 3. The highest BCUT2D eigenvalue weighted by Gasteiger charge is 2.23. The summed E-state index contributed by atoms with van der Waals surface area (Å²) in [6.45, 7) is 4.60. The van der Waals surface area contributed by atoms with Gasteiger partial charge in [0.25, 0.3) is 5.91 Å². The zero-order valence-corrected chi connectivity index (χ0v) is 14.5. The number of fused-ring (bicyclic) bond motifs is 1. The van der Waals surface area contributed by atoms with Gasteiger partial charge in [-0.05, 0) is 49.1 Å². The van der Waals surface area contributed by atoms with Crippen LogP contribution in [0.25, 0.3) is 5.57 Å². The topological polar surface area (TPSA) is 44.4 Å². The Bertz CT molecular complexity index is 802. The smallest absolute Gasteiger partial charge is 0.257 e. The largest absolute Gasteiger partial charge is 0.372 e. The number of amides is 1. The monoisotopic (exact) mass is 333 g/mol. The summed E-state index contributed by atoms with van der Waals surface area (Å²) in [4.78, 5) is 14.6. The summed E-state index contributed by atoms with van der Waals surface area (Å²) >= 11 is 0. The van der Waals surface area contributed by atoms with Crippen LogP contribution in [0.3, 0.4) is 0 Å². The highest BCUT2D eigenvalue weighted by molar-refractivity contribution is 6.31. The van der Waals surface area contributed by atoms with E-state index in [0.29, 0.717) is 5.57 Å². The van der Waals surface area contributed by atoms with Gasteiger partial charge in [0, 0.05) is 41.9 Å². The van der Waals surface area contributed by atoms with Crippen molar-refractivity contribution in [2.45, 2.75) is 19.8 Å². The summed E-state index contributed by atoms with van der Waals surface area (Å²) in [6.07, 6.45) is 4.32. The van der Waals surface area contributed by atoms with Gasteiger partial charge in [0.05, 0.1) is 5.57 Å². The van der Waals surface area contributed by atoms with E-state index < -0.39 is 0 Å². The molecule has 25 heavy (non-hydrogen) atoms. The van der Waals surface area contributed by atoms with Gasteiger partial charge in [-0.25, -0.2) is 0 Å². The van der Waals surface area contributed by atoms with Gasteiger partial charge >= 0.3 is 0 Å². The lowest BCUT2D eigenvalue weighted by atomic mass is 9.99. The van der Waals surface area contributed by atoms with E-state index in [1.807, 2.05) is 24.3 Å². The van der Waals surface area contributed by atoms with E-state index >= 15 is 0 Å². The minimum Gasteiger partial charge on any atom is -0.372 e. The number of para-hydroxylation sites is 1. The zero-order valence-electron chi connectivity index (χ0n) is 14.5. The summed E-state index contributed by atoms with van der Waals surface area (Å²) in [5.41, 5.74) is 4.74. The first kappa shape index (κ1) is 15.8. The molecule has 2 aliphatic rings. The van der Waals surface area contributed by atoms with Gasteiger partial charge in [0.2, 0.25) is 0 Å².